The van der Waals surface area contributed by atoms with E-state index in [9.17, 15) is 28.1 Å². The van der Waals surface area contributed by atoms with Gasteiger partial charge in [-0.2, -0.15) is 0 Å². The Kier molecular flexibility index (Phi) is 11.0. The smallest absolute Gasteiger partial charge is 0.271 e. The standard InChI is InChI=1S/C30H36N4O7S/c1-5-17-31-30(36)27(18-23-12-7-6-8-13-23)32(20-24-14-10-9-11-22(24)2)29(35)21-33(42(4,39)40)26-19-25(34(37)38)15-16-28(26)41-3/h6-16,19,27H,5,17-18,20-21H2,1-4H3,(H,31,36)/t27-/m1/s1. The molecule has 0 bridgehead atoms. The van der Waals surface area contributed by atoms with E-state index in [-0.39, 0.29) is 36.0 Å². The minimum absolute atomic E-state index is 0.0332. The van der Waals surface area contributed by atoms with E-state index in [0.717, 1.165) is 33.3 Å². The van der Waals surface area contributed by atoms with E-state index in [4.69, 9.17) is 4.74 Å². The normalized spacial score (nSPS) is 11.8. The third kappa shape index (κ3) is 8.29. The average Bonchev–Trinajstić information content (AvgIpc) is 2.96. The van der Waals surface area contributed by atoms with Crippen LogP contribution in [0, 0.1) is 17.0 Å². The van der Waals surface area contributed by atoms with Crippen LogP contribution in [0.1, 0.15) is 30.0 Å². The minimum Gasteiger partial charge on any atom is -0.495 e. The molecule has 3 aromatic rings. The maximum absolute atomic E-state index is 14.2. The van der Waals surface area contributed by atoms with Gasteiger partial charge < -0.3 is 15.0 Å². The van der Waals surface area contributed by atoms with Crippen molar-refractivity contribution < 1.29 is 27.7 Å². The van der Waals surface area contributed by atoms with E-state index < -0.39 is 33.4 Å². The molecule has 42 heavy (non-hydrogen) atoms. The Morgan fingerprint density at radius 3 is 2.31 bits per heavy atom. The zero-order valence-corrected chi connectivity index (χ0v) is 25.0. The molecule has 224 valence electrons. The van der Waals surface area contributed by atoms with Gasteiger partial charge in [0, 0.05) is 31.6 Å². The summed E-state index contributed by atoms with van der Waals surface area (Å²) in [4.78, 5) is 40.0. The summed E-state index contributed by atoms with van der Waals surface area (Å²) in [6, 6.07) is 19.2. The molecular formula is C30H36N4O7S. The van der Waals surface area contributed by atoms with Crippen molar-refractivity contribution in [3.8, 4) is 5.75 Å². The van der Waals surface area contributed by atoms with Crippen molar-refractivity contribution in [3.63, 3.8) is 0 Å². The van der Waals surface area contributed by atoms with Crippen LogP contribution >= 0.6 is 0 Å². The quantitative estimate of drug-likeness (QED) is 0.220. The van der Waals surface area contributed by atoms with E-state index >= 15 is 0 Å². The second kappa shape index (κ2) is 14.4. The number of nitro benzene ring substituents is 1. The molecule has 0 aliphatic rings. The highest BCUT2D eigenvalue weighted by Crippen LogP contribution is 2.34. The van der Waals surface area contributed by atoms with Crippen molar-refractivity contribution >= 4 is 33.2 Å². The van der Waals surface area contributed by atoms with Crippen LogP contribution in [0.4, 0.5) is 11.4 Å². The molecule has 0 unspecified atom stereocenters. The van der Waals surface area contributed by atoms with Crippen LogP contribution in [0.25, 0.3) is 0 Å². The summed E-state index contributed by atoms with van der Waals surface area (Å²) in [5, 5.41) is 14.4. The van der Waals surface area contributed by atoms with Crippen molar-refractivity contribution in [2.75, 3.05) is 30.8 Å². The van der Waals surface area contributed by atoms with E-state index in [0.29, 0.717) is 13.0 Å². The minimum atomic E-state index is -4.14. The maximum atomic E-state index is 14.2. The number of sulfonamides is 1. The van der Waals surface area contributed by atoms with E-state index in [2.05, 4.69) is 5.32 Å². The molecule has 11 nitrogen and oxygen atoms in total. The predicted molar refractivity (Wildman–Crippen MR) is 161 cm³/mol. The molecule has 0 heterocycles. The van der Waals surface area contributed by atoms with Crippen LogP contribution in [0.5, 0.6) is 5.75 Å². The van der Waals surface area contributed by atoms with Gasteiger partial charge >= 0.3 is 0 Å². The van der Waals surface area contributed by atoms with Gasteiger partial charge in [-0.15, -0.1) is 0 Å². The molecule has 0 aliphatic heterocycles. The van der Waals surface area contributed by atoms with Gasteiger partial charge in [0.15, 0.2) is 0 Å². The van der Waals surface area contributed by atoms with Crippen LogP contribution in [0.2, 0.25) is 0 Å². The SMILES string of the molecule is CCCNC(=O)[C@@H](Cc1ccccc1)N(Cc1ccccc1C)C(=O)CN(c1cc([N+](=O)[O-])ccc1OC)S(C)(=O)=O. The number of methoxy groups -OCH3 is 1. The Balaban J connectivity index is 2.12. The van der Waals surface area contributed by atoms with Crippen LogP contribution < -0.4 is 14.4 Å². The molecule has 0 radical (unpaired) electrons. The van der Waals surface area contributed by atoms with Gasteiger partial charge in [0.25, 0.3) is 5.69 Å². The van der Waals surface area contributed by atoms with Crippen molar-refractivity contribution in [3.05, 3.63) is 99.6 Å². The first-order valence-corrected chi connectivity index (χ1v) is 15.3. The molecular weight excluding hydrogens is 560 g/mol. The number of amides is 2. The molecule has 12 heteroatoms. The lowest BCUT2D eigenvalue weighted by Crippen LogP contribution is -2.53. The van der Waals surface area contributed by atoms with E-state index in [1.54, 1.807) is 0 Å². The van der Waals surface area contributed by atoms with Crippen LogP contribution in [0.3, 0.4) is 0 Å². The van der Waals surface area contributed by atoms with Crippen molar-refractivity contribution in [1.82, 2.24) is 10.2 Å². The molecule has 3 rings (SSSR count). The molecule has 0 spiro atoms. The van der Waals surface area contributed by atoms with Gasteiger partial charge in [0.1, 0.15) is 24.0 Å². The number of nitrogens with one attached hydrogen (secondary N) is 1. The lowest BCUT2D eigenvalue weighted by atomic mass is 10.0. The molecule has 1 atom stereocenters. The summed E-state index contributed by atoms with van der Waals surface area (Å²) >= 11 is 0. The topological polar surface area (TPSA) is 139 Å². The zero-order chi connectivity index (χ0) is 30.9. The monoisotopic (exact) mass is 596 g/mol. The number of aryl methyl sites for hydroxylation is 1. The summed E-state index contributed by atoms with van der Waals surface area (Å²) in [5.41, 5.74) is 1.96. The molecule has 0 saturated heterocycles. The fraction of sp³-hybridized carbons (Fsp3) is 0.333. The summed E-state index contributed by atoms with van der Waals surface area (Å²) in [5.74, 6) is -1.00. The number of non-ortho nitro benzene ring substituents is 1. The first kappa shape index (κ1) is 32.1. The number of nitro groups is 1. The first-order valence-electron chi connectivity index (χ1n) is 13.4. The highest BCUT2D eigenvalue weighted by atomic mass is 32.2. The van der Waals surface area contributed by atoms with Crippen LogP contribution in [-0.2, 0) is 32.6 Å². The highest BCUT2D eigenvalue weighted by Gasteiger charge is 2.34. The van der Waals surface area contributed by atoms with E-state index in [1.807, 2.05) is 68.4 Å². The lowest BCUT2D eigenvalue weighted by Gasteiger charge is -2.34. The number of rotatable bonds is 14. The molecule has 0 aromatic heterocycles. The second-order valence-electron chi connectivity index (χ2n) is 9.83. The van der Waals surface area contributed by atoms with Gasteiger partial charge in [-0.05, 0) is 36.1 Å². The molecule has 1 N–H and O–H groups in total. The second-order valence-corrected chi connectivity index (χ2v) is 11.7. The number of hydrogen-bond acceptors (Lipinski definition) is 7. The third-order valence-corrected chi connectivity index (χ3v) is 7.87. The van der Waals surface area contributed by atoms with Crippen molar-refractivity contribution in [2.45, 2.75) is 39.3 Å². The summed E-state index contributed by atoms with van der Waals surface area (Å²) in [6.07, 6.45) is 1.77. The lowest BCUT2D eigenvalue weighted by molar-refractivity contribution is -0.384. The maximum Gasteiger partial charge on any atom is 0.271 e. The fourth-order valence-electron chi connectivity index (χ4n) is 4.47. The number of ether oxygens (including phenoxy) is 1. The van der Waals surface area contributed by atoms with Crippen LogP contribution in [0.15, 0.2) is 72.8 Å². The number of carbonyl (C=O) groups is 2. The van der Waals surface area contributed by atoms with Gasteiger partial charge in [0.05, 0.1) is 18.3 Å². The molecule has 0 aliphatic carbocycles. The third-order valence-electron chi connectivity index (χ3n) is 6.74. The van der Waals surface area contributed by atoms with E-state index in [1.165, 1.54) is 24.1 Å². The summed E-state index contributed by atoms with van der Waals surface area (Å²) in [6.45, 7) is 3.52. The first-order chi connectivity index (χ1) is 20.0. The Labute approximate surface area is 246 Å². The van der Waals surface area contributed by atoms with Crippen molar-refractivity contribution in [2.24, 2.45) is 0 Å². The Morgan fingerprint density at radius 1 is 1.05 bits per heavy atom. The van der Waals surface area contributed by atoms with Gasteiger partial charge in [0.2, 0.25) is 21.8 Å². The molecule has 2 amide bonds. The predicted octanol–water partition coefficient (Wildman–Crippen LogP) is 3.84. The highest BCUT2D eigenvalue weighted by molar-refractivity contribution is 7.92. The number of nitrogens with zero attached hydrogens (tertiary/aromatic N) is 3. The molecule has 3 aromatic carbocycles. The number of anilines is 1. The number of hydrogen-bond donors (Lipinski definition) is 1. The number of carbonyl (C=O) groups excluding carboxylic acids is 2. The van der Waals surface area contributed by atoms with Crippen LogP contribution in [-0.4, -0.2) is 62.6 Å². The van der Waals surface area contributed by atoms with Gasteiger partial charge in [-0.3, -0.25) is 24.0 Å². The summed E-state index contributed by atoms with van der Waals surface area (Å²) in [7, 11) is -2.84. The van der Waals surface area contributed by atoms with Gasteiger partial charge in [-0.1, -0.05) is 61.5 Å². The Bertz CT molecular complexity index is 1510. The largest absolute Gasteiger partial charge is 0.495 e. The summed E-state index contributed by atoms with van der Waals surface area (Å²) < 4.78 is 32.2. The molecule has 0 fully saturated rings. The van der Waals surface area contributed by atoms with Gasteiger partial charge in [-0.25, -0.2) is 8.42 Å². The Morgan fingerprint density at radius 2 is 1.71 bits per heavy atom. The zero-order valence-electron chi connectivity index (χ0n) is 24.1. The fourth-order valence-corrected chi connectivity index (χ4v) is 5.32. The number of benzene rings is 3. The van der Waals surface area contributed by atoms with Crippen molar-refractivity contribution in [1.29, 1.82) is 0 Å². The Hall–Kier alpha value is -4.45. The molecule has 0 saturated carbocycles. The average molecular weight is 597 g/mol.